The summed E-state index contributed by atoms with van der Waals surface area (Å²) in [6.07, 6.45) is 13.2. The fourth-order valence-electron chi connectivity index (χ4n) is 3.49. The number of hydrogen-bond acceptors (Lipinski definition) is 4. The van der Waals surface area contributed by atoms with E-state index in [-0.39, 0.29) is 11.3 Å². The van der Waals surface area contributed by atoms with Crippen molar-refractivity contribution < 1.29 is 4.79 Å². The van der Waals surface area contributed by atoms with Crippen LogP contribution in [0.5, 0.6) is 0 Å². The van der Waals surface area contributed by atoms with E-state index in [1.807, 2.05) is 7.05 Å². The summed E-state index contributed by atoms with van der Waals surface area (Å²) >= 11 is 0. The standard InChI is InChI=1S/C24H49N3O/c1-21(17-19-27(6)7)26-23(16-18-25-5)15-13-11-9-8-10-12-14-22(20-28)24(2,3)4/h20,22-23,25-26H,1,8-19H2,2-7H3. The summed E-state index contributed by atoms with van der Waals surface area (Å²) < 4.78 is 0. The lowest BCUT2D eigenvalue weighted by Gasteiger charge is -2.25. The monoisotopic (exact) mass is 395 g/mol. The normalized spacial score (nSPS) is 14.1. The maximum atomic E-state index is 11.2. The molecule has 0 spiro atoms. The van der Waals surface area contributed by atoms with E-state index in [2.05, 4.69) is 57.0 Å². The van der Waals surface area contributed by atoms with E-state index in [0.717, 1.165) is 38.6 Å². The van der Waals surface area contributed by atoms with E-state index in [0.29, 0.717) is 6.04 Å². The van der Waals surface area contributed by atoms with Crippen molar-refractivity contribution in [3.05, 3.63) is 12.3 Å². The summed E-state index contributed by atoms with van der Waals surface area (Å²) in [7, 11) is 6.23. The number of nitrogens with one attached hydrogen (secondary N) is 2. The molecule has 0 saturated carbocycles. The van der Waals surface area contributed by atoms with Crippen molar-refractivity contribution in [2.45, 2.75) is 91.0 Å². The molecule has 0 bridgehead atoms. The van der Waals surface area contributed by atoms with Gasteiger partial charge in [0, 0.05) is 24.2 Å². The highest BCUT2D eigenvalue weighted by Gasteiger charge is 2.23. The van der Waals surface area contributed by atoms with Crippen LogP contribution in [0.4, 0.5) is 0 Å². The largest absolute Gasteiger partial charge is 0.386 e. The van der Waals surface area contributed by atoms with Gasteiger partial charge in [-0.25, -0.2) is 0 Å². The van der Waals surface area contributed by atoms with Gasteiger partial charge in [0.25, 0.3) is 0 Å². The second kappa shape index (κ2) is 16.0. The summed E-state index contributed by atoms with van der Waals surface area (Å²) in [6.45, 7) is 12.8. The van der Waals surface area contributed by atoms with Gasteiger partial charge in [-0.05, 0) is 58.8 Å². The molecule has 0 saturated heterocycles. The Hall–Kier alpha value is -0.870. The molecule has 2 atom stereocenters. The molecule has 0 aromatic rings. The second-order valence-electron chi connectivity index (χ2n) is 9.70. The predicted molar refractivity (Wildman–Crippen MR) is 124 cm³/mol. The van der Waals surface area contributed by atoms with Crippen LogP contribution in [0.3, 0.4) is 0 Å². The van der Waals surface area contributed by atoms with Gasteiger partial charge in [0.2, 0.25) is 0 Å². The molecule has 0 aromatic heterocycles. The minimum absolute atomic E-state index is 0.105. The minimum atomic E-state index is 0.105. The quantitative estimate of drug-likeness (QED) is 0.253. The zero-order valence-corrected chi connectivity index (χ0v) is 19.8. The molecule has 0 radical (unpaired) electrons. The van der Waals surface area contributed by atoms with E-state index in [4.69, 9.17) is 0 Å². The summed E-state index contributed by atoms with van der Waals surface area (Å²) in [5, 5.41) is 6.93. The first kappa shape index (κ1) is 27.1. The number of hydrogen-bond donors (Lipinski definition) is 2. The van der Waals surface area contributed by atoms with E-state index in [1.54, 1.807) is 0 Å². The van der Waals surface area contributed by atoms with Crippen LogP contribution >= 0.6 is 0 Å². The topological polar surface area (TPSA) is 44.4 Å². The van der Waals surface area contributed by atoms with Crippen LogP contribution < -0.4 is 10.6 Å². The Kier molecular flexibility index (Phi) is 15.5. The molecule has 28 heavy (non-hydrogen) atoms. The molecule has 2 unspecified atom stereocenters. The zero-order chi connectivity index (χ0) is 21.4. The smallest absolute Gasteiger partial charge is 0.123 e. The summed E-state index contributed by atoms with van der Waals surface area (Å²) in [5.41, 5.74) is 1.27. The molecular formula is C24H49N3O. The third-order valence-corrected chi connectivity index (χ3v) is 5.61. The lowest BCUT2D eigenvalue weighted by Crippen LogP contribution is -2.32. The van der Waals surface area contributed by atoms with Crippen molar-refractivity contribution in [3.8, 4) is 0 Å². The first-order valence-electron chi connectivity index (χ1n) is 11.4. The Morgan fingerprint density at radius 2 is 1.57 bits per heavy atom. The molecule has 0 aliphatic carbocycles. The molecular weight excluding hydrogens is 346 g/mol. The highest BCUT2D eigenvalue weighted by molar-refractivity contribution is 5.54. The van der Waals surface area contributed by atoms with Gasteiger partial charge in [-0.3, -0.25) is 0 Å². The zero-order valence-electron chi connectivity index (χ0n) is 19.8. The summed E-state index contributed by atoms with van der Waals surface area (Å²) in [4.78, 5) is 13.4. The predicted octanol–water partition coefficient (Wildman–Crippen LogP) is 5.00. The van der Waals surface area contributed by atoms with Crippen LogP contribution in [0.15, 0.2) is 12.3 Å². The number of carbonyl (C=O) groups is 1. The summed E-state index contributed by atoms with van der Waals surface area (Å²) in [5.74, 6) is 0.201. The van der Waals surface area contributed by atoms with Crippen molar-refractivity contribution in [3.63, 3.8) is 0 Å². The van der Waals surface area contributed by atoms with Gasteiger partial charge >= 0.3 is 0 Å². The van der Waals surface area contributed by atoms with Gasteiger partial charge in [-0.1, -0.05) is 65.9 Å². The molecule has 0 aliphatic heterocycles. The average Bonchev–Trinajstić information content (AvgIpc) is 2.61. The third-order valence-electron chi connectivity index (χ3n) is 5.61. The minimum Gasteiger partial charge on any atom is -0.386 e. The lowest BCUT2D eigenvalue weighted by molar-refractivity contribution is -0.114. The molecule has 0 fully saturated rings. The molecule has 0 aromatic carbocycles. The van der Waals surface area contributed by atoms with E-state index >= 15 is 0 Å². The first-order valence-corrected chi connectivity index (χ1v) is 11.4. The van der Waals surface area contributed by atoms with Gasteiger partial charge in [-0.2, -0.15) is 0 Å². The van der Waals surface area contributed by atoms with Gasteiger partial charge < -0.3 is 20.3 Å². The lowest BCUT2D eigenvalue weighted by atomic mass is 9.79. The van der Waals surface area contributed by atoms with Crippen molar-refractivity contribution in [1.29, 1.82) is 0 Å². The maximum Gasteiger partial charge on any atom is 0.123 e. The molecule has 2 N–H and O–H groups in total. The maximum absolute atomic E-state index is 11.2. The number of nitrogens with zero attached hydrogens (tertiary/aromatic N) is 1. The Morgan fingerprint density at radius 1 is 1.00 bits per heavy atom. The van der Waals surface area contributed by atoms with Crippen LogP contribution in [-0.4, -0.2) is 51.5 Å². The fraction of sp³-hybridized carbons (Fsp3) is 0.875. The van der Waals surface area contributed by atoms with Crippen LogP contribution in [-0.2, 0) is 4.79 Å². The molecule has 4 heteroatoms. The van der Waals surface area contributed by atoms with Gasteiger partial charge in [0.15, 0.2) is 0 Å². The van der Waals surface area contributed by atoms with Gasteiger partial charge in [0.1, 0.15) is 6.29 Å². The highest BCUT2D eigenvalue weighted by atomic mass is 16.1. The third kappa shape index (κ3) is 15.1. The van der Waals surface area contributed by atoms with Crippen LogP contribution in [0.1, 0.15) is 85.0 Å². The fourth-order valence-corrected chi connectivity index (χ4v) is 3.49. The van der Waals surface area contributed by atoms with Crippen LogP contribution in [0.2, 0.25) is 0 Å². The van der Waals surface area contributed by atoms with Crippen molar-refractivity contribution in [2.75, 3.05) is 34.2 Å². The number of unbranched alkanes of at least 4 members (excludes halogenated alkanes) is 5. The number of carbonyl (C=O) groups excluding carboxylic acids is 1. The Labute approximate surface area is 175 Å². The Bertz CT molecular complexity index is 401. The average molecular weight is 396 g/mol. The molecule has 0 heterocycles. The highest BCUT2D eigenvalue weighted by Crippen LogP contribution is 2.28. The van der Waals surface area contributed by atoms with Crippen LogP contribution in [0, 0.1) is 11.3 Å². The first-order chi connectivity index (χ1) is 13.2. The molecule has 4 nitrogen and oxygen atoms in total. The second-order valence-corrected chi connectivity index (χ2v) is 9.70. The Balaban J connectivity index is 3.92. The number of aldehydes is 1. The van der Waals surface area contributed by atoms with E-state index in [9.17, 15) is 4.79 Å². The Morgan fingerprint density at radius 3 is 2.07 bits per heavy atom. The SMILES string of the molecule is C=C(CCN(C)C)NC(CCCCCCCCC(C=O)C(C)(C)C)CCNC. The van der Waals surface area contributed by atoms with Crippen molar-refractivity contribution in [1.82, 2.24) is 15.5 Å². The molecule has 0 aliphatic rings. The molecule has 0 rings (SSSR count). The van der Waals surface area contributed by atoms with Crippen molar-refractivity contribution >= 4 is 6.29 Å². The molecule has 0 amide bonds. The van der Waals surface area contributed by atoms with E-state index < -0.39 is 0 Å². The summed E-state index contributed by atoms with van der Waals surface area (Å²) in [6, 6.07) is 0.530. The van der Waals surface area contributed by atoms with E-state index in [1.165, 1.54) is 50.6 Å². The molecule has 166 valence electrons. The van der Waals surface area contributed by atoms with Crippen LogP contribution in [0.25, 0.3) is 0 Å². The number of rotatable bonds is 18. The van der Waals surface area contributed by atoms with Gasteiger partial charge in [0.05, 0.1) is 0 Å². The van der Waals surface area contributed by atoms with Gasteiger partial charge in [-0.15, -0.1) is 0 Å². The van der Waals surface area contributed by atoms with Crippen molar-refractivity contribution in [2.24, 2.45) is 11.3 Å².